The lowest BCUT2D eigenvalue weighted by Crippen LogP contribution is -1.84. The summed E-state index contributed by atoms with van der Waals surface area (Å²) in [6, 6.07) is 10.3. The Morgan fingerprint density at radius 3 is 2.54 bits per heavy atom. The minimum atomic E-state index is 0.244. The van der Waals surface area contributed by atoms with Crippen LogP contribution in [-0.2, 0) is 0 Å². The van der Waals surface area contributed by atoms with E-state index in [-0.39, 0.29) is 5.92 Å². The topological polar surface area (TPSA) is 33.0 Å². The molecule has 0 aromatic heterocycles. The summed E-state index contributed by atoms with van der Waals surface area (Å²) in [7, 11) is 1.66. The first-order valence-corrected chi connectivity index (χ1v) is 4.38. The van der Waals surface area contributed by atoms with Gasteiger partial charge < -0.3 is 4.74 Å². The van der Waals surface area contributed by atoms with E-state index in [1.54, 1.807) is 7.11 Å². The summed E-state index contributed by atoms with van der Waals surface area (Å²) in [4.78, 5) is 0. The van der Waals surface area contributed by atoms with Crippen molar-refractivity contribution in [2.24, 2.45) is 5.92 Å². The summed E-state index contributed by atoms with van der Waals surface area (Å²) in [5.41, 5.74) is 1.26. The molecule has 1 saturated carbocycles. The Balaban J connectivity index is 2.12. The van der Waals surface area contributed by atoms with E-state index >= 15 is 0 Å². The van der Waals surface area contributed by atoms with Gasteiger partial charge in [0.15, 0.2) is 0 Å². The Hall–Kier alpha value is -1.49. The number of rotatable bonds is 2. The predicted octanol–water partition coefficient (Wildman–Crippen LogP) is 2.32. The van der Waals surface area contributed by atoms with Gasteiger partial charge in [0.2, 0.25) is 0 Å². The molecule has 0 unspecified atom stereocenters. The highest BCUT2D eigenvalue weighted by Gasteiger charge is 2.38. The van der Waals surface area contributed by atoms with Crippen molar-refractivity contribution in [3.05, 3.63) is 29.8 Å². The van der Waals surface area contributed by atoms with Gasteiger partial charge in [-0.3, -0.25) is 0 Å². The molecule has 0 spiro atoms. The SMILES string of the molecule is COc1ccc([C@H]2C[C@@H]2C#N)cc1. The first-order valence-electron chi connectivity index (χ1n) is 4.38. The van der Waals surface area contributed by atoms with Crippen LogP contribution in [0.2, 0.25) is 0 Å². The Morgan fingerprint density at radius 1 is 1.38 bits per heavy atom. The molecule has 13 heavy (non-hydrogen) atoms. The summed E-state index contributed by atoms with van der Waals surface area (Å²) in [5.74, 6) is 1.59. The third-order valence-corrected chi connectivity index (χ3v) is 2.50. The molecular weight excluding hydrogens is 162 g/mol. The van der Waals surface area contributed by atoms with Crippen LogP contribution in [0.3, 0.4) is 0 Å². The van der Waals surface area contributed by atoms with Crippen LogP contribution in [0.5, 0.6) is 5.75 Å². The van der Waals surface area contributed by atoms with Gasteiger partial charge in [0, 0.05) is 5.92 Å². The summed E-state index contributed by atoms with van der Waals surface area (Å²) in [5, 5.41) is 8.66. The second-order valence-electron chi connectivity index (χ2n) is 3.35. The second kappa shape index (κ2) is 3.10. The lowest BCUT2D eigenvalue weighted by molar-refractivity contribution is 0.414. The van der Waals surface area contributed by atoms with Crippen LogP contribution in [0.15, 0.2) is 24.3 Å². The average molecular weight is 173 g/mol. The van der Waals surface area contributed by atoms with Crippen LogP contribution in [-0.4, -0.2) is 7.11 Å². The van der Waals surface area contributed by atoms with Gasteiger partial charge in [-0.2, -0.15) is 5.26 Å². The third-order valence-electron chi connectivity index (χ3n) is 2.50. The summed E-state index contributed by atoms with van der Waals surface area (Å²) >= 11 is 0. The van der Waals surface area contributed by atoms with Crippen molar-refractivity contribution in [1.29, 1.82) is 5.26 Å². The van der Waals surface area contributed by atoms with Crippen LogP contribution in [0.4, 0.5) is 0 Å². The van der Waals surface area contributed by atoms with Gasteiger partial charge in [-0.1, -0.05) is 12.1 Å². The molecule has 0 amide bonds. The minimum Gasteiger partial charge on any atom is -0.497 e. The molecule has 2 nitrogen and oxygen atoms in total. The highest BCUT2D eigenvalue weighted by Crippen LogP contribution is 2.46. The molecule has 0 radical (unpaired) electrons. The van der Waals surface area contributed by atoms with E-state index < -0.39 is 0 Å². The summed E-state index contributed by atoms with van der Waals surface area (Å²) < 4.78 is 5.06. The zero-order valence-electron chi connectivity index (χ0n) is 7.53. The quantitative estimate of drug-likeness (QED) is 0.687. The molecule has 1 aromatic rings. The molecule has 1 aromatic carbocycles. The van der Waals surface area contributed by atoms with Crippen molar-refractivity contribution in [2.75, 3.05) is 7.11 Å². The normalized spacial score (nSPS) is 24.9. The van der Waals surface area contributed by atoms with E-state index in [0.29, 0.717) is 5.92 Å². The Bertz CT molecular complexity index is 336. The standard InChI is InChI=1S/C11H11NO/c1-13-10-4-2-8(3-5-10)11-6-9(11)7-12/h2-5,9,11H,6H2,1H3/t9-,11-/m1/s1. The van der Waals surface area contributed by atoms with Gasteiger partial charge in [0.05, 0.1) is 19.1 Å². The Kier molecular flexibility index (Phi) is 1.94. The number of nitrogens with zero attached hydrogens (tertiary/aromatic N) is 1. The van der Waals surface area contributed by atoms with Crippen LogP contribution >= 0.6 is 0 Å². The molecule has 1 fully saturated rings. The van der Waals surface area contributed by atoms with E-state index in [4.69, 9.17) is 10.00 Å². The van der Waals surface area contributed by atoms with E-state index in [9.17, 15) is 0 Å². The lowest BCUT2D eigenvalue weighted by Gasteiger charge is -2.00. The average Bonchev–Trinajstić information content (AvgIpc) is 2.97. The molecule has 2 heteroatoms. The molecule has 0 aliphatic heterocycles. The number of hydrogen-bond donors (Lipinski definition) is 0. The highest BCUT2D eigenvalue weighted by atomic mass is 16.5. The molecule has 66 valence electrons. The maximum Gasteiger partial charge on any atom is 0.118 e. The van der Waals surface area contributed by atoms with E-state index in [2.05, 4.69) is 6.07 Å². The fourth-order valence-corrected chi connectivity index (χ4v) is 1.56. The monoisotopic (exact) mass is 173 g/mol. The highest BCUT2D eigenvalue weighted by molar-refractivity contribution is 5.34. The van der Waals surface area contributed by atoms with Crippen molar-refractivity contribution >= 4 is 0 Å². The molecule has 0 N–H and O–H groups in total. The van der Waals surface area contributed by atoms with Gasteiger partial charge in [-0.25, -0.2) is 0 Å². The minimum absolute atomic E-state index is 0.244. The van der Waals surface area contributed by atoms with Crippen LogP contribution < -0.4 is 4.74 Å². The van der Waals surface area contributed by atoms with Gasteiger partial charge in [0.25, 0.3) is 0 Å². The Morgan fingerprint density at radius 2 is 2.08 bits per heavy atom. The molecule has 2 atom stereocenters. The smallest absolute Gasteiger partial charge is 0.118 e. The maximum atomic E-state index is 8.66. The molecular formula is C11H11NO. The number of hydrogen-bond acceptors (Lipinski definition) is 2. The van der Waals surface area contributed by atoms with Crippen LogP contribution in [0.1, 0.15) is 17.9 Å². The lowest BCUT2D eigenvalue weighted by atomic mass is 10.1. The second-order valence-corrected chi connectivity index (χ2v) is 3.35. The molecule has 1 aliphatic carbocycles. The first kappa shape index (κ1) is 8.12. The predicted molar refractivity (Wildman–Crippen MR) is 49.5 cm³/mol. The molecule has 0 bridgehead atoms. The van der Waals surface area contributed by atoms with Gasteiger partial charge in [-0.05, 0) is 24.1 Å². The van der Waals surface area contributed by atoms with Crippen molar-refractivity contribution in [1.82, 2.24) is 0 Å². The maximum absolute atomic E-state index is 8.66. The van der Waals surface area contributed by atoms with E-state index in [0.717, 1.165) is 12.2 Å². The van der Waals surface area contributed by atoms with Gasteiger partial charge >= 0.3 is 0 Å². The number of methoxy groups -OCH3 is 1. The molecule has 1 aliphatic rings. The Labute approximate surface area is 77.8 Å². The van der Waals surface area contributed by atoms with Crippen LogP contribution in [0, 0.1) is 17.2 Å². The van der Waals surface area contributed by atoms with E-state index in [1.807, 2.05) is 24.3 Å². The van der Waals surface area contributed by atoms with E-state index in [1.165, 1.54) is 5.56 Å². The fourth-order valence-electron chi connectivity index (χ4n) is 1.56. The number of nitriles is 1. The van der Waals surface area contributed by atoms with Crippen LogP contribution in [0.25, 0.3) is 0 Å². The van der Waals surface area contributed by atoms with Crippen molar-refractivity contribution in [3.63, 3.8) is 0 Å². The molecule has 0 heterocycles. The fraction of sp³-hybridized carbons (Fsp3) is 0.364. The zero-order valence-corrected chi connectivity index (χ0v) is 7.53. The molecule has 0 saturated heterocycles. The number of benzene rings is 1. The third kappa shape index (κ3) is 1.50. The molecule has 2 rings (SSSR count). The largest absolute Gasteiger partial charge is 0.497 e. The van der Waals surface area contributed by atoms with Gasteiger partial charge in [-0.15, -0.1) is 0 Å². The van der Waals surface area contributed by atoms with Crippen molar-refractivity contribution in [3.8, 4) is 11.8 Å². The first-order chi connectivity index (χ1) is 6.35. The van der Waals surface area contributed by atoms with Crippen molar-refractivity contribution < 1.29 is 4.74 Å². The summed E-state index contributed by atoms with van der Waals surface area (Å²) in [6.07, 6.45) is 1.02. The van der Waals surface area contributed by atoms with Gasteiger partial charge in [0.1, 0.15) is 5.75 Å². The summed E-state index contributed by atoms with van der Waals surface area (Å²) in [6.45, 7) is 0. The van der Waals surface area contributed by atoms with Crippen molar-refractivity contribution in [2.45, 2.75) is 12.3 Å². The number of ether oxygens (including phenoxy) is 1. The zero-order chi connectivity index (χ0) is 9.26.